The Morgan fingerprint density at radius 2 is 1.97 bits per heavy atom. The van der Waals surface area contributed by atoms with Crippen molar-refractivity contribution in [2.24, 2.45) is 0 Å². The lowest BCUT2D eigenvalue weighted by atomic mass is 9.98. The molecule has 0 aliphatic carbocycles. The fraction of sp³-hybridized carbons (Fsp3) is 0.348. The number of aliphatic carboxylic acids is 1. The summed E-state index contributed by atoms with van der Waals surface area (Å²) in [6.07, 6.45) is 2.46. The molecular formula is C23H27N3O7S2. The molecule has 12 heteroatoms. The number of hydrogen-bond donors (Lipinski definition) is 4. The van der Waals surface area contributed by atoms with Crippen molar-refractivity contribution in [1.29, 1.82) is 0 Å². The minimum absolute atomic E-state index is 0.00479. The van der Waals surface area contributed by atoms with E-state index < -0.39 is 40.1 Å². The highest BCUT2D eigenvalue weighted by Gasteiger charge is 2.25. The lowest BCUT2D eigenvalue weighted by Crippen LogP contribution is -2.42. The fourth-order valence-corrected chi connectivity index (χ4v) is 4.84. The second kappa shape index (κ2) is 12.0. The first-order valence-corrected chi connectivity index (χ1v) is 13.8. The normalized spacial score (nSPS) is 16.4. The molecule has 2 aromatic rings. The molecule has 1 fully saturated rings. The van der Waals surface area contributed by atoms with E-state index in [4.69, 9.17) is 4.18 Å². The van der Waals surface area contributed by atoms with E-state index in [9.17, 15) is 27.9 Å². The van der Waals surface area contributed by atoms with Crippen LogP contribution in [0.4, 0.5) is 0 Å². The summed E-state index contributed by atoms with van der Waals surface area (Å²) >= 11 is 1.48. The minimum Gasteiger partial charge on any atom is -0.480 e. The second-order valence-electron chi connectivity index (χ2n) is 7.87. The molecule has 3 rings (SSSR count). The van der Waals surface area contributed by atoms with Crippen LogP contribution in [0.15, 0.2) is 48.5 Å². The summed E-state index contributed by atoms with van der Waals surface area (Å²) in [5.41, 5.74) is 1.20. The molecule has 2 atom stereocenters. The van der Waals surface area contributed by atoms with E-state index in [0.717, 1.165) is 0 Å². The Hall–Kier alpha value is -3.09. The third kappa shape index (κ3) is 7.70. The number of nitrogens with one attached hydrogen (secondary N) is 3. The van der Waals surface area contributed by atoms with E-state index in [-0.39, 0.29) is 23.6 Å². The number of carboxylic acids is 1. The van der Waals surface area contributed by atoms with Crippen molar-refractivity contribution in [2.45, 2.75) is 31.5 Å². The van der Waals surface area contributed by atoms with Gasteiger partial charge in [-0.2, -0.15) is 20.2 Å². The van der Waals surface area contributed by atoms with Crippen LogP contribution in [0.2, 0.25) is 0 Å². The number of thioether (sulfide) groups is 1. The van der Waals surface area contributed by atoms with Gasteiger partial charge in [0.1, 0.15) is 17.7 Å². The van der Waals surface area contributed by atoms with Crippen LogP contribution in [0.5, 0.6) is 5.75 Å². The molecule has 2 amide bonds. The van der Waals surface area contributed by atoms with Crippen molar-refractivity contribution in [2.75, 3.05) is 17.9 Å². The van der Waals surface area contributed by atoms with Crippen molar-refractivity contribution in [1.82, 2.24) is 16.0 Å². The van der Waals surface area contributed by atoms with Gasteiger partial charge in [-0.05, 0) is 54.2 Å². The number of carbonyl (C=O) groups is 3. The molecule has 188 valence electrons. The van der Waals surface area contributed by atoms with Gasteiger partial charge in [-0.3, -0.25) is 14.9 Å². The third-order valence-corrected chi connectivity index (χ3v) is 6.87. The number of carboxylic acid groups (broad SMARTS) is 1. The molecule has 4 N–H and O–H groups in total. The number of benzene rings is 2. The van der Waals surface area contributed by atoms with E-state index >= 15 is 0 Å². The molecule has 0 radical (unpaired) electrons. The number of rotatable bonds is 12. The molecule has 1 aliphatic rings. The lowest BCUT2D eigenvalue weighted by molar-refractivity contribution is -0.139. The first-order chi connectivity index (χ1) is 16.7. The van der Waals surface area contributed by atoms with Crippen LogP contribution in [0.3, 0.4) is 0 Å². The zero-order valence-electron chi connectivity index (χ0n) is 19.0. The van der Waals surface area contributed by atoms with Crippen molar-refractivity contribution < 1.29 is 32.1 Å². The van der Waals surface area contributed by atoms with Crippen molar-refractivity contribution in [3.8, 4) is 16.9 Å². The van der Waals surface area contributed by atoms with Crippen molar-refractivity contribution in [3.63, 3.8) is 0 Å². The first kappa shape index (κ1) is 26.5. The quantitative estimate of drug-likeness (QED) is 0.306. The Kier molecular flexibility index (Phi) is 9.13. The maximum atomic E-state index is 13.0. The molecule has 35 heavy (non-hydrogen) atoms. The van der Waals surface area contributed by atoms with Crippen LogP contribution in [-0.4, -0.2) is 61.4 Å². The molecule has 0 aromatic heterocycles. The zero-order valence-corrected chi connectivity index (χ0v) is 20.7. The number of amides is 2. The summed E-state index contributed by atoms with van der Waals surface area (Å²) in [5, 5.41) is 17.4. The second-order valence-corrected chi connectivity index (χ2v) is 10.4. The molecule has 0 saturated carbocycles. The Morgan fingerprint density at radius 1 is 1.23 bits per heavy atom. The van der Waals surface area contributed by atoms with Gasteiger partial charge in [0, 0.05) is 12.0 Å². The first-order valence-electron chi connectivity index (χ1n) is 10.9. The minimum atomic E-state index is -4.06. The van der Waals surface area contributed by atoms with Crippen LogP contribution in [0.1, 0.15) is 29.6 Å². The van der Waals surface area contributed by atoms with Crippen molar-refractivity contribution in [3.05, 3.63) is 54.1 Å². The highest BCUT2D eigenvalue weighted by atomic mass is 32.2. The third-order valence-electron chi connectivity index (χ3n) is 5.26. The molecule has 10 nitrogen and oxygen atoms in total. The highest BCUT2D eigenvalue weighted by molar-refractivity contribution is 7.98. The average Bonchev–Trinajstić information content (AvgIpc) is 3.25. The molecule has 0 bridgehead atoms. The molecular weight excluding hydrogens is 494 g/mol. The van der Waals surface area contributed by atoms with E-state index in [1.807, 2.05) is 6.26 Å². The fourth-order valence-electron chi connectivity index (χ4n) is 3.50. The summed E-state index contributed by atoms with van der Waals surface area (Å²) in [6.45, 7) is 0. The summed E-state index contributed by atoms with van der Waals surface area (Å²) in [4.78, 5) is 35.9. The van der Waals surface area contributed by atoms with E-state index in [0.29, 0.717) is 29.7 Å². The summed E-state index contributed by atoms with van der Waals surface area (Å²) in [7, 11) is -4.06. The largest absolute Gasteiger partial charge is 0.480 e. The van der Waals surface area contributed by atoms with Gasteiger partial charge < -0.3 is 19.9 Å². The number of hydrogen-bond acceptors (Lipinski definition) is 8. The van der Waals surface area contributed by atoms with E-state index in [1.54, 1.807) is 30.3 Å². The maximum absolute atomic E-state index is 13.0. The summed E-state index contributed by atoms with van der Waals surface area (Å²) < 4.78 is 30.2. The van der Waals surface area contributed by atoms with Crippen LogP contribution >= 0.6 is 11.8 Å². The van der Waals surface area contributed by atoms with Gasteiger partial charge in [-0.15, -0.1) is 0 Å². The Labute approximate surface area is 207 Å². The molecule has 0 spiro atoms. The lowest BCUT2D eigenvalue weighted by Gasteiger charge is -2.17. The molecule has 2 aromatic carbocycles. The monoisotopic (exact) mass is 521 g/mol. The smallest absolute Gasteiger partial charge is 0.326 e. The summed E-state index contributed by atoms with van der Waals surface area (Å²) in [5.74, 6) is -1.84. The average molecular weight is 522 g/mol. The summed E-state index contributed by atoms with van der Waals surface area (Å²) in [6, 6.07) is 11.9. The molecule has 1 heterocycles. The van der Waals surface area contributed by atoms with Gasteiger partial charge in [0.25, 0.3) is 5.91 Å². The standard InChI is InChI=1S/C23H27N3O7S2/c1-34-12-11-19(23(29)30)25-22(28)17-8-7-16(13-18(17)15-5-3-2-4-6-15)33-35(31,32)14-24-20-9-10-21(27)26-20/h2-8,13,19-20,24H,9-12,14H2,1H3,(H,25,28)(H,26,27)(H,29,30)/t19-,20+/m0/s1. The zero-order chi connectivity index (χ0) is 25.4. The van der Waals surface area contributed by atoms with E-state index in [1.165, 1.54) is 30.0 Å². The van der Waals surface area contributed by atoms with E-state index in [2.05, 4.69) is 16.0 Å². The Bertz CT molecular complexity index is 1170. The van der Waals surface area contributed by atoms with Crippen molar-refractivity contribution >= 4 is 39.7 Å². The van der Waals surface area contributed by atoms with Gasteiger partial charge in [0.2, 0.25) is 5.91 Å². The SMILES string of the molecule is CSCC[C@H](NC(=O)c1ccc(OS(=O)(=O)CN[C@H]2CCC(=O)N2)cc1-c1ccccc1)C(=O)O. The Morgan fingerprint density at radius 3 is 2.60 bits per heavy atom. The van der Waals surface area contributed by atoms with Crippen LogP contribution in [0.25, 0.3) is 11.1 Å². The van der Waals surface area contributed by atoms with Crippen LogP contribution < -0.4 is 20.1 Å². The molecule has 0 unspecified atom stereocenters. The highest BCUT2D eigenvalue weighted by Crippen LogP contribution is 2.29. The molecule has 1 saturated heterocycles. The maximum Gasteiger partial charge on any atom is 0.326 e. The number of carbonyl (C=O) groups excluding carboxylic acids is 2. The van der Waals surface area contributed by atoms with Gasteiger partial charge in [0.05, 0.1) is 6.17 Å². The van der Waals surface area contributed by atoms with Gasteiger partial charge in [-0.25, -0.2) is 4.79 Å². The van der Waals surface area contributed by atoms with Gasteiger partial charge in [0.15, 0.2) is 0 Å². The molecule has 1 aliphatic heterocycles. The predicted molar refractivity (Wildman–Crippen MR) is 132 cm³/mol. The predicted octanol–water partition coefficient (Wildman–Crippen LogP) is 1.78. The topological polar surface area (TPSA) is 151 Å². The Balaban J connectivity index is 1.82. The van der Waals surface area contributed by atoms with Gasteiger partial charge >= 0.3 is 16.1 Å². The van der Waals surface area contributed by atoms with Gasteiger partial charge in [-0.1, -0.05) is 30.3 Å². The van der Waals surface area contributed by atoms with Crippen LogP contribution in [0, 0.1) is 0 Å². The van der Waals surface area contributed by atoms with Crippen LogP contribution in [-0.2, 0) is 19.7 Å².